The van der Waals surface area contributed by atoms with E-state index in [1.54, 1.807) is 0 Å². The molecule has 98 valence electrons. The van der Waals surface area contributed by atoms with Gasteiger partial charge in [0.05, 0.1) is 7.11 Å². The van der Waals surface area contributed by atoms with E-state index in [9.17, 15) is 14.0 Å². The smallest absolute Gasteiger partial charge is 0.356 e. The van der Waals surface area contributed by atoms with Crippen LogP contribution in [0.4, 0.5) is 4.39 Å². The molecule has 0 unspecified atom stereocenters. The van der Waals surface area contributed by atoms with Crippen molar-refractivity contribution in [1.29, 1.82) is 0 Å². The van der Waals surface area contributed by atoms with Crippen LogP contribution in [0.5, 0.6) is 5.75 Å². The lowest BCUT2D eigenvalue weighted by atomic mass is 10.3. The second-order valence-electron chi connectivity index (χ2n) is 3.59. The zero-order valence-corrected chi connectivity index (χ0v) is 9.83. The van der Waals surface area contributed by atoms with Crippen LogP contribution in [0.3, 0.4) is 0 Å². The lowest BCUT2D eigenvalue weighted by Crippen LogP contribution is -2.23. The van der Waals surface area contributed by atoms with Crippen LogP contribution in [0.2, 0.25) is 0 Å². The highest BCUT2D eigenvalue weighted by atomic mass is 19.1. The van der Waals surface area contributed by atoms with Crippen LogP contribution < -0.4 is 10.3 Å². The molecule has 6 nitrogen and oxygen atoms in total. The summed E-state index contributed by atoms with van der Waals surface area (Å²) in [6.07, 6.45) is 0. The maximum Gasteiger partial charge on any atom is 0.356 e. The molecule has 19 heavy (non-hydrogen) atoms. The van der Waals surface area contributed by atoms with Crippen molar-refractivity contribution in [3.05, 3.63) is 52.2 Å². The van der Waals surface area contributed by atoms with Gasteiger partial charge in [-0.1, -0.05) is 0 Å². The Morgan fingerprint density at radius 2 is 2.11 bits per heavy atom. The van der Waals surface area contributed by atoms with Gasteiger partial charge >= 0.3 is 5.97 Å². The highest BCUT2D eigenvalue weighted by Gasteiger charge is 2.12. The standard InChI is InChI=1S/C12H9FN2O4/c1-19-7-2-4-10(8(13)6-7)15-11(16)5-3-9(14-15)12(17)18/h2-6H,1H3,(H,17,18). The Morgan fingerprint density at radius 3 is 2.68 bits per heavy atom. The van der Waals surface area contributed by atoms with Gasteiger partial charge in [-0.2, -0.15) is 9.78 Å². The lowest BCUT2D eigenvalue weighted by molar-refractivity contribution is 0.0688. The molecule has 0 fully saturated rings. The van der Waals surface area contributed by atoms with Crippen LogP contribution >= 0.6 is 0 Å². The quantitative estimate of drug-likeness (QED) is 0.897. The Balaban J connectivity index is 2.61. The molecule has 2 rings (SSSR count). The summed E-state index contributed by atoms with van der Waals surface area (Å²) in [6.45, 7) is 0. The van der Waals surface area contributed by atoms with Crippen molar-refractivity contribution in [2.45, 2.75) is 0 Å². The predicted octanol–water partition coefficient (Wildman–Crippen LogP) is 1.08. The third-order valence-electron chi connectivity index (χ3n) is 2.40. The molecule has 1 aromatic heterocycles. The van der Waals surface area contributed by atoms with Gasteiger partial charge in [-0.15, -0.1) is 0 Å². The molecule has 1 aromatic carbocycles. The zero-order valence-electron chi connectivity index (χ0n) is 9.83. The van der Waals surface area contributed by atoms with E-state index in [0.717, 1.165) is 18.2 Å². The van der Waals surface area contributed by atoms with E-state index >= 15 is 0 Å². The molecule has 0 radical (unpaired) electrons. The summed E-state index contributed by atoms with van der Waals surface area (Å²) in [4.78, 5) is 22.4. The molecule has 0 aliphatic carbocycles. The number of aromatic carboxylic acids is 1. The second-order valence-corrected chi connectivity index (χ2v) is 3.59. The largest absolute Gasteiger partial charge is 0.497 e. The molecular weight excluding hydrogens is 255 g/mol. The summed E-state index contributed by atoms with van der Waals surface area (Å²) in [7, 11) is 1.38. The first-order valence-electron chi connectivity index (χ1n) is 5.20. The van der Waals surface area contributed by atoms with Gasteiger partial charge in [0.25, 0.3) is 5.56 Å². The molecule has 0 bridgehead atoms. The number of rotatable bonds is 3. The van der Waals surface area contributed by atoms with Gasteiger partial charge < -0.3 is 9.84 Å². The van der Waals surface area contributed by atoms with E-state index in [1.807, 2.05) is 0 Å². The maximum absolute atomic E-state index is 13.8. The summed E-state index contributed by atoms with van der Waals surface area (Å²) in [5, 5.41) is 12.4. The molecule has 0 atom stereocenters. The number of benzene rings is 1. The van der Waals surface area contributed by atoms with Crippen LogP contribution in [-0.2, 0) is 0 Å². The number of hydrogen-bond donors (Lipinski definition) is 1. The Labute approximate surface area is 106 Å². The average Bonchev–Trinajstić information content (AvgIpc) is 2.39. The Kier molecular flexibility index (Phi) is 3.28. The first kappa shape index (κ1) is 12.7. The Bertz CT molecular complexity index is 696. The van der Waals surface area contributed by atoms with E-state index in [0.29, 0.717) is 4.68 Å². The molecule has 1 N–H and O–H groups in total. The van der Waals surface area contributed by atoms with Crippen LogP contribution in [0.25, 0.3) is 5.69 Å². The molecule has 7 heteroatoms. The molecule has 0 aliphatic rings. The first-order chi connectivity index (χ1) is 9.02. The molecular formula is C12H9FN2O4. The minimum Gasteiger partial charge on any atom is -0.497 e. The van der Waals surface area contributed by atoms with Crippen LogP contribution in [-0.4, -0.2) is 28.0 Å². The van der Waals surface area contributed by atoms with Gasteiger partial charge in [0.1, 0.15) is 11.4 Å². The summed E-state index contributed by atoms with van der Waals surface area (Å²) in [5.41, 5.74) is -1.13. The fraction of sp³-hybridized carbons (Fsp3) is 0.0833. The van der Waals surface area contributed by atoms with Crippen LogP contribution in [0.1, 0.15) is 10.5 Å². The van der Waals surface area contributed by atoms with E-state index in [-0.39, 0.29) is 17.1 Å². The minimum atomic E-state index is -1.30. The van der Waals surface area contributed by atoms with E-state index in [4.69, 9.17) is 9.84 Å². The van der Waals surface area contributed by atoms with Gasteiger partial charge in [0.15, 0.2) is 11.5 Å². The van der Waals surface area contributed by atoms with Crippen LogP contribution in [0.15, 0.2) is 35.1 Å². The number of halogens is 1. The SMILES string of the molecule is COc1ccc(-n2nc(C(=O)O)ccc2=O)c(F)c1. The second kappa shape index (κ2) is 4.89. The molecule has 0 saturated carbocycles. The monoisotopic (exact) mass is 264 g/mol. The maximum atomic E-state index is 13.8. The fourth-order valence-corrected chi connectivity index (χ4v) is 1.48. The van der Waals surface area contributed by atoms with Gasteiger partial charge in [-0.05, 0) is 18.2 Å². The molecule has 2 aromatic rings. The lowest BCUT2D eigenvalue weighted by Gasteiger charge is -2.07. The molecule has 0 aliphatic heterocycles. The summed E-state index contributed by atoms with van der Waals surface area (Å²) in [5.74, 6) is -1.76. The average molecular weight is 264 g/mol. The highest BCUT2D eigenvalue weighted by molar-refractivity contribution is 5.84. The highest BCUT2D eigenvalue weighted by Crippen LogP contribution is 2.17. The molecule has 0 spiro atoms. The van der Waals surface area contributed by atoms with Crippen molar-refractivity contribution in [1.82, 2.24) is 9.78 Å². The molecule has 0 saturated heterocycles. The summed E-state index contributed by atoms with van der Waals surface area (Å²) >= 11 is 0. The minimum absolute atomic E-state index is 0.145. The van der Waals surface area contributed by atoms with Gasteiger partial charge in [-0.25, -0.2) is 9.18 Å². The van der Waals surface area contributed by atoms with Gasteiger partial charge in [0.2, 0.25) is 0 Å². The summed E-state index contributed by atoms with van der Waals surface area (Å²) in [6, 6.07) is 5.88. The topological polar surface area (TPSA) is 81.4 Å². The number of methoxy groups -OCH3 is 1. The number of carboxylic acids is 1. The number of hydrogen-bond acceptors (Lipinski definition) is 4. The van der Waals surface area contributed by atoms with Gasteiger partial charge in [-0.3, -0.25) is 4.79 Å². The Morgan fingerprint density at radius 1 is 1.37 bits per heavy atom. The first-order valence-corrected chi connectivity index (χ1v) is 5.20. The molecule has 0 amide bonds. The predicted molar refractivity (Wildman–Crippen MR) is 63.3 cm³/mol. The summed E-state index contributed by atoms with van der Waals surface area (Å²) < 4.78 is 19.3. The third kappa shape index (κ3) is 2.44. The third-order valence-corrected chi connectivity index (χ3v) is 2.40. The van der Waals surface area contributed by atoms with E-state index < -0.39 is 17.3 Å². The van der Waals surface area contributed by atoms with Crippen molar-refractivity contribution in [2.75, 3.05) is 7.11 Å². The van der Waals surface area contributed by atoms with Crippen molar-refractivity contribution < 1.29 is 19.0 Å². The van der Waals surface area contributed by atoms with Crippen molar-refractivity contribution in [3.8, 4) is 11.4 Å². The van der Waals surface area contributed by atoms with Crippen molar-refractivity contribution in [2.24, 2.45) is 0 Å². The van der Waals surface area contributed by atoms with Crippen molar-refractivity contribution in [3.63, 3.8) is 0 Å². The van der Waals surface area contributed by atoms with Crippen molar-refractivity contribution >= 4 is 5.97 Å². The number of carboxylic acid groups (broad SMARTS) is 1. The van der Waals surface area contributed by atoms with E-state index in [1.165, 1.54) is 19.2 Å². The van der Waals surface area contributed by atoms with E-state index in [2.05, 4.69) is 5.10 Å². The normalized spacial score (nSPS) is 10.2. The number of aromatic nitrogens is 2. The Hall–Kier alpha value is -2.70. The van der Waals surface area contributed by atoms with Crippen LogP contribution in [0, 0.1) is 5.82 Å². The number of carbonyl (C=O) groups is 1. The fourth-order valence-electron chi connectivity index (χ4n) is 1.48. The number of nitrogens with zero attached hydrogens (tertiary/aromatic N) is 2. The van der Waals surface area contributed by atoms with Gasteiger partial charge in [0, 0.05) is 12.1 Å². The zero-order chi connectivity index (χ0) is 14.0. The number of ether oxygens (including phenoxy) is 1. The molecule has 1 heterocycles.